The summed E-state index contributed by atoms with van der Waals surface area (Å²) in [5.41, 5.74) is -3.79. The summed E-state index contributed by atoms with van der Waals surface area (Å²) in [6, 6.07) is 9.21. The average molecular weight is 769 g/mol. The second-order valence-electron chi connectivity index (χ2n) is 13.2. The second-order valence-corrected chi connectivity index (χ2v) is 14.3. The van der Waals surface area contributed by atoms with Crippen LogP contribution < -0.4 is 25.6 Å². The number of fused-ring (bicyclic) bond motifs is 1. The van der Waals surface area contributed by atoms with Gasteiger partial charge in [-0.2, -0.15) is 26.3 Å². The predicted octanol–water partition coefficient (Wildman–Crippen LogP) is 8.08. The lowest BCUT2D eigenvalue weighted by atomic mass is 9.93. The molecule has 0 radical (unpaired) electrons. The molecule has 53 heavy (non-hydrogen) atoms. The maximum absolute atomic E-state index is 13.9. The molecule has 1 aliphatic rings. The molecule has 17 heteroatoms. The Morgan fingerprint density at radius 2 is 1.68 bits per heavy atom. The molecule has 0 aliphatic carbocycles. The van der Waals surface area contributed by atoms with Crippen molar-refractivity contribution in [1.82, 2.24) is 5.32 Å². The predicted molar refractivity (Wildman–Crippen MR) is 186 cm³/mol. The summed E-state index contributed by atoms with van der Waals surface area (Å²) in [7, 11) is 1.32. The average Bonchev–Trinajstić information content (AvgIpc) is 3.44. The Morgan fingerprint density at radius 1 is 0.943 bits per heavy atom. The molecule has 9 nitrogen and oxygen atoms in total. The molecule has 1 saturated heterocycles. The van der Waals surface area contributed by atoms with Gasteiger partial charge in [0.25, 0.3) is 11.8 Å². The van der Waals surface area contributed by atoms with Crippen LogP contribution in [0.15, 0.2) is 54.6 Å². The fourth-order valence-corrected chi connectivity index (χ4v) is 7.02. The molecule has 1 fully saturated rings. The summed E-state index contributed by atoms with van der Waals surface area (Å²) < 4.78 is 100. The lowest BCUT2D eigenvalue weighted by Crippen LogP contribution is -2.41. The van der Waals surface area contributed by atoms with E-state index in [4.69, 9.17) is 4.74 Å². The number of hydrogen-bond acceptors (Lipinski definition) is 7. The molecule has 5 rings (SSSR count). The van der Waals surface area contributed by atoms with Gasteiger partial charge in [-0.3, -0.25) is 14.4 Å². The van der Waals surface area contributed by atoms with Gasteiger partial charge in [-0.05, 0) is 81.1 Å². The third kappa shape index (κ3) is 9.56. The lowest BCUT2D eigenvalue weighted by Gasteiger charge is -2.34. The van der Waals surface area contributed by atoms with Gasteiger partial charge in [0.1, 0.15) is 16.4 Å². The highest BCUT2D eigenvalue weighted by atomic mass is 32.1. The zero-order valence-corrected chi connectivity index (χ0v) is 29.4. The van der Waals surface area contributed by atoms with Crippen molar-refractivity contribution >= 4 is 56.2 Å². The maximum atomic E-state index is 13.9. The smallest absolute Gasteiger partial charge is 0.419 e. The fraction of sp³-hybridized carbons (Fsp3) is 0.361. The minimum Gasteiger partial charge on any atom is -0.496 e. The highest BCUT2D eigenvalue weighted by molar-refractivity contribution is 7.21. The van der Waals surface area contributed by atoms with Crippen molar-refractivity contribution in [3.05, 3.63) is 82.0 Å². The number of methoxy groups -OCH3 is 1. The van der Waals surface area contributed by atoms with Gasteiger partial charge in [0, 0.05) is 47.5 Å². The molecule has 1 aliphatic heterocycles. The molecule has 284 valence electrons. The summed E-state index contributed by atoms with van der Waals surface area (Å²) >= 11 is 0.568. The Hall–Kier alpha value is -4.90. The van der Waals surface area contributed by atoms with Crippen LogP contribution in [-0.2, 0) is 17.1 Å². The number of hydrogen-bond donors (Lipinski definition) is 4. The van der Waals surface area contributed by atoms with Crippen LogP contribution in [0.25, 0.3) is 10.1 Å². The molecule has 1 atom stereocenters. The highest BCUT2D eigenvalue weighted by Gasteiger charge is 2.35. The molecule has 3 amide bonds. The largest absolute Gasteiger partial charge is 0.496 e. The van der Waals surface area contributed by atoms with E-state index < -0.39 is 52.4 Å². The molecule has 4 aromatic rings. The number of benzene rings is 3. The van der Waals surface area contributed by atoms with Crippen LogP contribution >= 0.6 is 11.3 Å². The number of piperidine rings is 1. The second kappa shape index (κ2) is 15.2. The number of alkyl halides is 6. The van der Waals surface area contributed by atoms with E-state index in [9.17, 15) is 50.2 Å². The number of nitrogens with one attached hydrogen (secondary N) is 3. The Kier molecular flexibility index (Phi) is 11.3. The summed E-state index contributed by atoms with van der Waals surface area (Å²) in [6.45, 7) is 4.34. The number of carbonyl (C=O) groups excluding carboxylic acids is 3. The SMILES string of the molecule is COc1ccc(N2CCCC(CC(=O)NCC(C)(C)O)C2)cc1C(=O)Nc1c(C(=O)Nc2ccc(F)c(C(F)(F)F)c2)sc2cc(C(F)(F)F)ccc12. The van der Waals surface area contributed by atoms with Crippen molar-refractivity contribution in [2.24, 2.45) is 5.92 Å². The van der Waals surface area contributed by atoms with Gasteiger partial charge < -0.3 is 30.7 Å². The number of rotatable bonds is 10. The zero-order chi connectivity index (χ0) is 38.9. The van der Waals surface area contributed by atoms with E-state index in [-0.39, 0.29) is 56.8 Å². The molecular weight excluding hydrogens is 733 g/mol. The van der Waals surface area contributed by atoms with Crippen LogP contribution in [-0.4, -0.2) is 55.2 Å². The Labute approximate surface area is 303 Å². The molecule has 3 aromatic carbocycles. The van der Waals surface area contributed by atoms with E-state index in [1.807, 2.05) is 4.90 Å². The first kappa shape index (κ1) is 39.3. The molecule has 1 unspecified atom stereocenters. The first-order valence-electron chi connectivity index (χ1n) is 16.3. The van der Waals surface area contributed by atoms with E-state index in [0.717, 1.165) is 37.1 Å². The standard InChI is InChI=1S/C36H35F7N4O5S/c1-34(2,51)18-44-29(48)13-19-5-4-12-47(17-19)22-8-11-27(52-3)24(16-22)32(49)46-30-23-9-6-20(35(38,39)40)14-28(23)53-31(30)33(50)45-21-7-10-26(37)25(15-21)36(41,42)43/h6-11,14-16,19,51H,4-5,12-13,17-18H2,1-3H3,(H,44,48)(H,45,50)(H,46,49). The van der Waals surface area contributed by atoms with Crippen molar-refractivity contribution in [1.29, 1.82) is 0 Å². The quantitative estimate of drug-likeness (QED) is 0.121. The van der Waals surface area contributed by atoms with E-state index >= 15 is 0 Å². The molecule has 0 bridgehead atoms. The first-order chi connectivity index (χ1) is 24.7. The summed E-state index contributed by atoms with van der Waals surface area (Å²) in [4.78, 5) is 41.6. The highest BCUT2D eigenvalue weighted by Crippen LogP contribution is 2.41. The van der Waals surface area contributed by atoms with Gasteiger partial charge in [0.05, 0.1) is 35.1 Å². The van der Waals surface area contributed by atoms with E-state index in [1.54, 1.807) is 26.0 Å². The van der Waals surface area contributed by atoms with Gasteiger partial charge in [-0.25, -0.2) is 4.39 Å². The topological polar surface area (TPSA) is 120 Å². The zero-order valence-electron chi connectivity index (χ0n) is 28.6. The van der Waals surface area contributed by atoms with E-state index in [2.05, 4.69) is 16.0 Å². The van der Waals surface area contributed by atoms with E-state index in [1.165, 1.54) is 13.2 Å². The third-order valence-electron chi connectivity index (χ3n) is 8.50. The Balaban J connectivity index is 1.45. The van der Waals surface area contributed by atoms with Crippen molar-refractivity contribution in [2.45, 2.75) is 51.1 Å². The molecule has 0 spiro atoms. The number of amides is 3. The third-order valence-corrected chi connectivity index (χ3v) is 9.65. The van der Waals surface area contributed by atoms with Crippen LogP contribution in [0, 0.1) is 11.7 Å². The molecule has 2 heterocycles. The number of ether oxygens (including phenoxy) is 1. The monoisotopic (exact) mass is 768 g/mol. The first-order valence-corrected chi connectivity index (χ1v) is 17.1. The number of carbonyl (C=O) groups is 3. The van der Waals surface area contributed by atoms with Gasteiger partial charge in [-0.15, -0.1) is 11.3 Å². The lowest BCUT2D eigenvalue weighted by molar-refractivity contribution is -0.140. The molecule has 4 N–H and O–H groups in total. The van der Waals surface area contributed by atoms with Crippen LogP contribution in [0.1, 0.15) is 64.3 Å². The van der Waals surface area contributed by atoms with Crippen LogP contribution in [0.4, 0.5) is 47.8 Å². The van der Waals surface area contributed by atoms with Gasteiger partial charge >= 0.3 is 12.4 Å². The van der Waals surface area contributed by atoms with Gasteiger partial charge in [-0.1, -0.05) is 6.07 Å². The maximum Gasteiger partial charge on any atom is 0.419 e. The van der Waals surface area contributed by atoms with Crippen molar-refractivity contribution in [2.75, 3.05) is 42.3 Å². The normalized spacial score (nSPS) is 15.3. The van der Waals surface area contributed by atoms with Gasteiger partial charge in [0.2, 0.25) is 5.91 Å². The van der Waals surface area contributed by atoms with Crippen LogP contribution in [0.5, 0.6) is 5.75 Å². The van der Waals surface area contributed by atoms with E-state index in [0.29, 0.717) is 42.2 Å². The summed E-state index contributed by atoms with van der Waals surface area (Å²) in [5, 5.41) is 17.5. The summed E-state index contributed by atoms with van der Waals surface area (Å²) in [6.07, 6.45) is -8.08. The molecular formula is C36H35F7N4O5S. The van der Waals surface area contributed by atoms with Crippen molar-refractivity contribution in [3.63, 3.8) is 0 Å². The number of halogens is 7. The molecule has 1 aromatic heterocycles. The number of aliphatic hydroxyl groups is 1. The minimum atomic E-state index is -5.08. The van der Waals surface area contributed by atoms with Crippen LogP contribution in [0.3, 0.4) is 0 Å². The van der Waals surface area contributed by atoms with Crippen LogP contribution in [0.2, 0.25) is 0 Å². The van der Waals surface area contributed by atoms with Crippen molar-refractivity contribution < 1.29 is 55.0 Å². The van der Waals surface area contributed by atoms with Gasteiger partial charge in [0.15, 0.2) is 0 Å². The fourth-order valence-electron chi connectivity index (χ4n) is 5.93. The Bertz CT molecular complexity index is 2020. The Morgan fingerprint density at radius 3 is 2.34 bits per heavy atom. The molecule has 0 saturated carbocycles. The minimum absolute atomic E-state index is 0.000942. The summed E-state index contributed by atoms with van der Waals surface area (Å²) in [5.74, 6) is -3.56. The van der Waals surface area contributed by atoms with Crippen molar-refractivity contribution in [3.8, 4) is 5.75 Å². The number of thiophene rings is 1. The number of anilines is 3. The number of nitrogens with zero attached hydrogens (tertiary/aromatic N) is 1.